The SMILES string of the molecule is CCN(Cc1c(C)cccc1C)C1CC2CCC(C1)N2. The van der Waals surface area contributed by atoms with Gasteiger partial charge in [0.25, 0.3) is 0 Å². The minimum Gasteiger partial charge on any atom is -0.311 e. The van der Waals surface area contributed by atoms with E-state index in [1.54, 1.807) is 5.56 Å². The molecule has 1 aromatic carbocycles. The first-order chi connectivity index (χ1) is 9.67. The molecule has 1 aromatic rings. The smallest absolute Gasteiger partial charge is 0.0241 e. The molecule has 1 N–H and O–H groups in total. The molecular weight excluding hydrogens is 244 g/mol. The fourth-order valence-corrected chi connectivity index (χ4v) is 4.13. The van der Waals surface area contributed by atoms with Gasteiger partial charge in [-0.05, 0) is 62.8 Å². The number of benzene rings is 1. The zero-order valence-corrected chi connectivity index (χ0v) is 13.2. The molecule has 0 spiro atoms. The lowest BCUT2D eigenvalue weighted by molar-refractivity contribution is 0.140. The Morgan fingerprint density at radius 1 is 1.10 bits per heavy atom. The van der Waals surface area contributed by atoms with Gasteiger partial charge in [0.1, 0.15) is 0 Å². The van der Waals surface area contributed by atoms with Crippen molar-refractivity contribution in [2.75, 3.05) is 6.54 Å². The van der Waals surface area contributed by atoms with Crippen LogP contribution in [-0.4, -0.2) is 29.6 Å². The molecule has 0 aliphatic carbocycles. The van der Waals surface area contributed by atoms with Crippen LogP contribution < -0.4 is 5.32 Å². The Labute approximate surface area is 123 Å². The summed E-state index contributed by atoms with van der Waals surface area (Å²) in [5, 5.41) is 3.76. The van der Waals surface area contributed by atoms with Crippen molar-refractivity contribution in [2.45, 2.75) is 71.1 Å². The van der Waals surface area contributed by atoms with E-state index in [2.05, 4.69) is 49.2 Å². The van der Waals surface area contributed by atoms with E-state index < -0.39 is 0 Å². The maximum atomic E-state index is 3.76. The quantitative estimate of drug-likeness (QED) is 0.903. The standard InChI is InChI=1S/C18H28N2/c1-4-20(12-18-13(2)6-5-7-14(18)3)17-10-15-8-9-16(11-17)19-15/h5-7,15-17,19H,4,8-12H2,1-3H3. The minimum atomic E-state index is 0.776. The number of fused-ring (bicyclic) bond motifs is 2. The summed E-state index contributed by atoms with van der Waals surface area (Å²) < 4.78 is 0. The van der Waals surface area contributed by atoms with Gasteiger partial charge in [0, 0.05) is 24.7 Å². The Morgan fingerprint density at radius 2 is 1.70 bits per heavy atom. The van der Waals surface area contributed by atoms with Gasteiger partial charge in [-0.15, -0.1) is 0 Å². The van der Waals surface area contributed by atoms with Gasteiger partial charge in [-0.3, -0.25) is 4.90 Å². The highest BCUT2D eigenvalue weighted by atomic mass is 15.2. The van der Waals surface area contributed by atoms with Gasteiger partial charge in [0.15, 0.2) is 0 Å². The van der Waals surface area contributed by atoms with Crippen molar-refractivity contribution in [1.29, 1.82) is 0 Å². The third-order valence-corrected chi connectivity index (χ3v) is 5.38. The molecule has 2 bridgehead atoms. The second-order valence-electron chi connectivity index (χ2n) is 6.70. The van der Waals surface area contributed by atoms with Gasteiger partial charge in [-0.2, -0.15) is 0 Å². The van der Waals surface area contributed by atoms with Gasteiger partial charge in [-0.25, -0.2) is 0 Å². The van der Waals surface area contributed by atoms with Crippen LogP contribution >= 0.6 is 0 Å². The first-order valence-corrected chi connectivity index (χ1v) is 8.22. The predicted molar refractivity (Wildman–Crippen MR) is 85.0 cm³/mol. The van der Waals surface area contributed by atoms with Crippen molar-refractivity contribution in [2.24, 2.45) is 0 Å². The van der Waals surface area contributed by atoms with Gasteiger partial charge < -0.3 is 5.32 Å². The molecule has 2 atom stereocenters. The topological polar surface area (TPSA) is 15.3 Å². The second-order valence-corrected chi connectivity index (χ2v) is 6.70. The van der Waals surface area contributed by atoms with Crippen molar-refractivity contribution < 1.29 is 0 Å². The Hall–Kier alpha value is -0.860. The number of rotatable bonds is 4. The summed E-state index contributed by atoms with van der Waals surface area (Å²) in [7, 11) is 0. The number of hydrogen-bond donors (Lipinski definition) is 1. The van der Waals surface area contributed by atoms with E-state index in [9.17, 15) is 0 Å². The molecule has 0 amide bonds. The van der Waals surface area contributed by atoms with Crippen molar-refractivity contribution in [1.82, 2.24) is 10.2 Å². The van der Waals surface area contributed by atoms with E-state index in [0.29, 0.717) is 0 Å². The first-order valence-electron chi connectivity index (χ1n) is 8.22. The van der Waals surface area contributed by atoms with Crippen LogP contribution in [0.4, 0.5) is 0 Å². The molecule has 2 unspecified atom stereocenters. The molecule has 3 rings (SSSR count). The Kier molecular flexibility index (Phi) is 4.13. The van der Waals surface area contributed by atoms with Crippen molar-refractivity contribution in [3.8, 4) is 0 Å². The highest BCUT2D eigenvalue weighted by Crippen LogP contribution is 2.31. The predicted octanol–water partition coefficient (Wildman–Crippen LogP) is 3.41. The van der Waals surface area contributed by atoms with Crippen LogP contribution in [0.25, 0.3) is 0 Å². The lowest BCUT2D eigenvalue weighted by atomic mass is 9.96. The fraction of sp³-hybridized carbons (Fsp3) is 0.667. The number of nitrogens with one attached hydrogen (secondary N) is 1. The van der Waals surface area contributed by atoms with E-state index in [1.165, 1.54) is 36.8 Å². The maximum Gasteiger partial charge on any atom is 0.0241 e. The average Bonchev–Trinajstić information content (AvgIpc) is 2.77. The van der Waals surface area contributed by atoms with E-state index in [1.807, 2.05) is 0 Å². The zero-order valence-electron chi connectivity index (χ0n) is 13.2. The summed E-state index contributed by atoms with van der Waals surface area (Å²) in [4.78, 5) is 2.71. The molecule has 2 heterocycles. The molecule has 20 heavy (non-hydrogen) atoms. The monoisotopic (exact) mass is 272 g/mol. The van der Waals surface area contributed by atoms with Crippen LogP contribution in [0.15, 0.2) is 18.2 Å². The van der Waals surface area contributed by atoms with Crippen LogP contribution in [0, 0.1) is 13.8 Å². The summed E-state index contributed by atoms with van der Waals surface area (Å²) in [5.41, 5.74) is 4.43. The van der Waals surface area contributed by atoms with Crippen molar-refractivity contribution in [3.05, 3.63) is 34.9 Å². The van der Waals surface area contributed by atoms with Crippen LogP contribution in [0.5, 0.6) is 0 Å². The summed E-state index contributed by atoms with van der Waals surface area (Å²) in [6.07, 6.45) is 5.47. The number of piperidine rings is 1. The lowest BCUT2D eigenvalue weighted by Gasteiger charge is -2.37. The normalized spacial score (nSPS) is 29.1. The van der Waals surface area contributed by atoms with Gasteiger partial charge in [-0.1, -0.05) is 25.1 Å². The summed E-state index contributed by atoms with van der Waals surface area (Å²) >= 11 is 0. The summed E-state index contributed by atoms with van der Waals surface area (Å²) in [6, 6.07) is 9.02. The third-order valence-electron chi connectivity index (χ3n) is 5.38. The fourth-order valence-electron chi connectivity index (χ4n) is 4.13. The lowest BCUT2D eigenvalue weighted by Crippen LogP contribution is -2.48. The van der Waals surface area contributed by atoms with Gasteiger partial charge in [0.05, 0.1) is 0 Å². The van der Waals surface area contributed by atoms with Crippen molar-refractivity contribution in [3.63, 3.8) is 0 Å². The Morgan fingerprint density at radius 3 is 2.25 bits per heavy atom. The zero-order chi connectivity index (χ0) is 14.1. The second kappa shape index (κ2) is 5.87. The van der Waals surface area contributed by atoms with Gasteiger partial charge >= 0.3 is 0 Å². The molecule has 2 heteroatoms. The van der Waals surface area contributed by atoms with Crippen LogP contribution in [-0.2, 0) is 6.54 Å². The van der Waals surface area contributed by atoms with Crippen LogP contribution in [0.2, 0.25) is 0 Å². The largest absolute Gasteiger partial charge is 0.311 e. The average molecular weight is 272 g/mol. The maximum absolute atomic E-state index is 3.76. The molecule has 2 nitrogen and oxygen atoms in total. The molecule has 2 saturated heterocycles. The molecule has 0 aromatic heterocycles. The van der Waals surface area contributed by atoms with E-state index in [0.717, 1.165) is 31.2 Å². The highest BCUT2D eigenvalue weighted by molar-refractivity contribution is 5.33. The van der Waals surface area contributed by atoms with E-state index >= 15 is 0 Å². The van der Waals surface area contributed by atoms with E-state index in [4.69, 9.17) is 0 Å². The highest BCUT2D eigenvalue weighted by Gasteiger charge is 2.35. The third kappa shape index (κ3) is 2.77. The number of aryl methyl sites for hydroxylation is 2. The summed E-state index contributed by atoms with van der Waals surface area (Å²) in [6.45, 7) is 9.11. The molecule has 0 saturated carbocycles. The molecule has 2 fully saturated rings. The van der Waals surface area contributed by atoms with Crippen molar-refractivity contribution >= 4 is 0 Å². The number of nitrogens with zero attached hydrogens (tertiary/aromatic N) is 1. The van der Waals surface area contributed by atoms with Gasteiger partial charge in [0.2, 0.25) is 0 Å². The Balaban J connectivity index is 1.74. The molecule has 2 aliphatic heterocycles. The van der Waals surface area contributed by atoms with E-state index in [-0.39, 0.29) is 0 Å². The summed E-state index contributed by atoms with van der Waals surface area (Å²) in [5.74, 6) is 0. The van der Waals surface area contributed by atoms with Crippen LogP contribution in [0.3, 0.4) is 0 Å². The first kappa shape index (κ1) is 14.1. The molecular formula is C18H28N2. The van der Waals surface area contributed by atoms with Crippen LogP contribution in [0.1, 0.15) is 49.3 Å². The molecule has 2 aliphatic rings. The Bertz CT molecular complexity index is 436. The molecule has 0 radical (unpaired) electrons. The minimum absolute atomic E-state index is 0.776. The molecule has 110 valence electrons. The number of hydrogen-bond acceptors (Lipinski definition) is 2.